The number of hydrogen-bond acceptors (Lipinski definition) is 5. The van der Waals surface area contributed by atoms with Crippen LogP contribution in [0.1, 0.15) is 47.9 Å². The summed E-state index contributed by atoms with van der Waals surface area (Å²) in [5.41, 5.74) is -4.79. The van der Waals surface area contributed by atoms with E-state index in [1.54, 1.807) is 48.5 Å². The molecule has 12 heteroatoms. The van der Waals surface area contributed by atoms with Crippen LogP contribution in [-0.2, 0) is 19.6 Å². The minimum atomic E-state index is -6.43. The molecule has 2 bridgehead atoms. The van der Waals surface area contributed by atoms with Crippen LogP contribution in [0.25, 0.3) is 0 Å². The molecule has 2 aromatic carbocycles. The molecule has 2 unspecified atom stereocenters. The average Bonchev–Trinajstić information content (AvgIpc) is 2.72. The van der Waals surface area contributed by atoms with Gasteiger partial charge in [-0.15, -0.1) is 0 Å². The van der Waals surface area contributed by atoms with E-state index in [1.165, 1.54) is 13.8 Å². The first-order valence-corrected chi connectivity index (χ1v) is 12.0. The summed E-state index contributed by atoms with van der Waals surface area (Å²) in [7, 11) is -6.13. The summed E-state index contributed by atoms with van der Waals surface area (Å²) in [4.78, 5) is 13.4. The molecule has 3 aliphatic carbocycles. The third kappa shape index (κ3) is 3.64. The number of esters is 1. The molecular formula is C23H19F6O5S-. The molecule has 35 heavy (non-hydrogen) atoms. The smallest absolute Gasteiger partial charge is 0.438 e. The van der Waals surface area contributed by atoms with Crippen molar-refractivity contribution in [1.82, 2.24) is 0 Å². The Morgan fingerprint density at radius 2 is 1.31 bits per heavy atom. The first kappa shape index (κ1) is 25.5. The van der Waals surface area contributed by atoms with Gasteiger partial charge in [-0.3, -0.25) is 4.79 Å². The second kappa shape index (κ2) is 7.70. The predicted molar refractivity (Wildman–Crippen MR) is 109 cm³/mol. The van der Waals surface area contributed by atoms with Gasteiger partial charge >= 0.3 is 23.9 Å². The molecule has 5 rings (SSSR count). The quantitative estimate of drug-likeness (QED) is 0.326. The van der Waals surface area contributed by atoms with Gasteiger partial charge in [0, 0.05) is 11.8 Å². The molecule has 0 aromatic heterocycles. The van der Waals surface area contributed by atoms with E-state index in [0.29, 0.717) is 11.1 Å². The number of carbonyl (C=O) groups excluding carboxylic acids is 1. The number of ether oxygens (including phenoxy) is 1. The van der Waals surface area contributed by atoms with Gasteiger partial charge in [0.1, 0.15) is 0 Å². The molecule has 3 aliphatic rings. The van der Waals surface area contributed by atoms with Crippen molar-refractivity contribution in [2.24, 2.45) is 11.3 Å². The van der Waals surface area contributed by atoms with E-state index in [1.807, 2.05) is 0 Å². The lowest BCUT2D eigenvalue weighted by molar-refractivity contribution is -0.363. The molecule has 0 heterocycles. The Morgan fingerprint density at radius 3 is 1.69 bits per heavy atom. The number of alkyl halides is 6. The Labute approximate surface area is 196 Å². The maximum absolute atomic E-state index is 13.8. The monoisotopic (exact) mass is 521 g/mol. The average molecular weight is 521 g/mol. The third-order valence-electron chi connectivity index (χ3n) is 7.33. The van der Waals surface area contributed by atoms with Gasteiger partial charge in [-0.05, 0) is 35.1 Å². The van der Waals surface area contributed by atoms with E-state index >= 15 is 0 Å². The molecular weight excluding hydrogens is 502 g/mol. The predicted octanol–water partition coefficient (Wildman–Crippen LogP) is 4.87. The van der Waals surface area contributed by atoms with Crippen molar-refractivity contribution >= 4 is 16.1 Å². The lowest BCUT2D eigenvalue weighted by Crippen LogP contribution is -2.65. The molecule has 0 radical (unpaired) electrons. The van der Waals surface area contributed by atoms with Gasteiger partial charge in [-0.25, -0.2) is 8.42 Å². The molecule has 5 nitrogen and oxygen atoms in total. The number of rotatable bonds is 4. The van der Waals surface area contributed by atoms with E-state index in [4.69, 9.17) is 0 Å². The van der Waals surface area contributed by atoms with E-state index in [9.17, 15) is 44.1 Å². The maximum Gasteiger partial charge on any atom is 0.438 e. The maximum atomic E-state index is 13.8. The summed E-state index contributed by atoms with van der Waals surface area (Å²) in [6, 6.07) is 13.6. The highest BCUT2D eigenvalue weighted by Crippen LogP contribution is 2.64. The van der Waals surface area contributed by atoms with Crippen LogP contribution in [-0.4, -0.2) is 42.6 Å². The van der Waals surface area contributed by atoms with Crippen LogP contribution in [0.15, 0.2) is 48.5 Å². The second-order valence-corrected chi connectivity index (χ2v) is 10.6. The Morgan fingerprint density at radius 1 is 0.914 bits per heavy atom. The van der Waals surface area contributed by atoms with Crippen molar-refractivity contribution in [2.45, 2.75) is 43.6 Å². The van der Waals surface area contributed by atoms with Crippen LogP contribution in [0.5, 0.6) is 0 Å². The zero-order chi connectivity index (χ0) is 26.2. The first-order chi connectivity index (χ1) is 16.0. The SMILES string of the molecule is CC1C2c3ccccc3C(c3ccccc32)C1(C)C(=O)OC(CS(=O)(=O)[O-])(C(F)(F)F)C(F)(F)F. The van der Waals surface area contributed by atoms with Crippen molar-refractivity contribution in [3.05, 3.63) is 70.8 Å². The molecule has 0 spiro atoms. The highest BCUT2D eigenvalue weighted by Gasteiger charge is 2.76. The minimum Gasteiger partial charge on any atom is -0.748 e. The molecule has 0 fully saturated rings. The molecule has 190 valence electrons. The van der Waals surface area contributed by atoms with E-state index in [0.717, 1.165) is 11.1 Å². The molecule has 0 saturated heterocycles. The highest BCUT2D eigenvalue weighted by molar-refractivity contribution is 7.85. The summed E-state index contributed by atoms with van der Waals surface area (Å²) >= 11 is 0. The Balaban J connectivity index is 1.91. The lowest BCUT2D eigenvalue weighted by atomic mass is 9.48. The van der Waals surface area contributed by atoms with E-state index < -0.39 is 63.0 Å². The normalized spacial score (nSPS) is 26.1. The van der Waals surface area contributed by atoms with E-state index in [2.05, 4.69) is 4.74 Å². The summed E-state index contributed by atoms with van der Waals surface area (Å²) in [6.07, 6.45) is -12.9. The standard InChI is InChI=1S/C23H20F6O5S/c1-12-17-13-7-3-5-9-15(13)18(16-10-6-4-8-14(16)17)20(12,2)19(30)34-21(22(24,25)26,23(27,28)29)11-35(31,32)33/h3-10,12,17-18H,11H2,1-2H3,(H,31,32,33)/p-1. The van der Waals surface area contributed by atoms with Gasteiger partial charge in [0.2, 0.25) is 0 Å². The third-order valence-corrected chi connectivity index (χ3v) is 8.09. The summed E-state index contributed by atoms with van der Waals surface area (Å²) in [5.74, 6) is -7.25. The van der Waals surface area contributed by atoms with Crippen molar-refractivity contribution < 1.29 is 48.8 Å². The van der Waals surface area contributed by atoms with Crippen LogP contribution >= 0.6 is 0 Å². The Hall–Kier alpha value is -2.60. The number of benzene rings is 2. The van der Waals surface area contributed by atoms with Crippen LogP contribution < -0.4 is 0 Å². The van der Waals surface area contributed by atoms with Gasteiger partial charge in [-0.2, -0.15) is 26.3 Å². The van der Waals surface area contributed by atoms with Crippen LogP contribution in [0.4, 0.5) is 26.3 Å². The van der Waals surface area contributed by atoms with Crippen molar-refractivity contribution in [3.63, 3.8) is 0 Å². The molecule has 0 saturated carbocycles. The number of fused-ring (bicyclic) bond motifs is 1. The van der Waals surface area contributed by atoms with Crippen molar-refractivity contribution in [2.75, 3.05) is 5.75 Å². The zero-order valence-electron chi connectivity index (χ0n) is 18.3. The van der Waals surface area contributed by atoms with Gasteiger partial charge in [0.05, 0.1) is 21.3 Å². The fourth-order valence-corrected chi connectivity index (χ4v) is 6.42. The van der Waals surface area contributed by atoms with E-state index in [-0.39, 0.29) is 0 Å². The van der Waals surface area contributed by atoms with Gasteiger partial charge in [0.15, 0.2) is 0 Å². The highest BCUT2D eigenvalue weighted by atomic mass is 32.2. The Bertz CT molecular complexity index is 1220. The molecule has 0 N–H and O–H groups in total. The number of hydrogen-bond donors (Lipinski definition) is 0. The number of halogens is 6. The largest absolute Gasteiger partial charge is 0.748 e. The minimum absolute atomic E-state index is 0.542. The molecule has 0 aliphatic heterocycles. The fraction of sp³-hybridized carbons (Fsp3) is 0.435. The fourth-order valence-electron chi connectivity index (χ4n) is 5.53. The summed E-state index contributed by atoms with van der Waals surface area (Å²) in [5, 5.41) is 0. The van der Waals surface area contributed by atoms with Gasteiger partial charge in [0.25, 0.3) is 0 Å². The second-order valence-electron chi connectivity index (χ2n) is 9.15. The summed E-state index contributed by atoms with van der Waals surface area (Å²) in [6.45, 7) is 2.74. The van der Waals surface area contributed by atoms with Crippen molar-refractivity contribution in [3.8, 4) is 0 Å². The molecule has 2 aromatic rings. The lowest BCUT2D eigenvalue weighted by Gasteiger charge is -2.55. The first-order valence-electron chi connectivity index (χ1n) is 10.4. The topological polar surface area (TPSA) is 83.5 Å². The van der Waals surface area contributed by atoms with Crippen LogP contribution in [0.3, 0.4) is 0 Å². The summed E-state index contributed by atoms with van der Waals surface area (Å²) < 4.78 is 121. The Kier molecular flexibility index (Phi) is 5.61. The van der Waals surface area contributed by atoms with Gasteiger partial charge in [-0.1, -0.05) is 55.5 Å². The molecule has 0 amide bonds. The van der Waals surface area contributed by atoms with Crippen molar-refractivity contribution in [1.29, 1.82) is 0 Å². The molecule has 2 atom stereocenters. The number of carbonyl (C=O) groups is 1. The van der Waals surface area contributed by atoms with Crippen LogP contribution in [0, 0.1) is 11.3 Å². The van der Waals surface area contributed by atoms with Crippen LogP contribution in [0.2, 0.25) is 0 Å². The van der Waals surface area contributed by atoms with Gasteiger partial charge < -0.3 is 9.29 Å². The zero-order valence-corrected chi connectivity index (χ0v) is 19.1.